The number of benzene rings is 1. The summed E-state index contributed by atoms with van der Waals surface area (Å²) in [5.74, 6) is -8.49. The molecule has 0 spiro atoms. The van der Waals surface area contributed by atoms with E-state index in [2.05, 4.69) is 4.74 Å². The minimum Gasteiger partial charge on any atom is -0.461 e. The van der Waals surface area contributed by atoms with E-state index >= 15 is 0 Å². The molecule has 0 amide bonds. The molecule has 2 N–H and O–H groups in total. The number of hydrogen-bond donors (Lipinski definition) is 2. The van der Waals surface area contributed by atoms with Crippen LogP contribution < -0.4 is 5.69 Å². The number of H-pyrrole nitrogens is 2. The largest absolute Gasteiger partial charge is 0.461 e. The second-order valence-corrected chi connectivity index (χ2v) is 3.90. The highest BCUT2D eigenvalue weighted by Crippen LogP contribution is 2.28. The third-order valence-electron chi connectivity index (χ3n) is 2.58. The first-order valence-electron chi connectivity index (χ1n) is 5.69. The SMILES string of the molecule is CCOC(=O)c1[nH]c(=O)[nH]c1-c1cc(F)c(F)c(F)c1F. The molecule has 1 aromatic carbocycles. The Labute approximate surface area is 114 Å². The molecule has 0 saturated carbocycles. The maximum absolute atomic E-state index is 13.7. The molecular weight excluding hydrogens is 296 g/mol. The highest BCUT2D eigenvalue weighted by atomic mass is 19.2. The van der Waals surface area contributed by atoms with Crippen LogP contribution in [0.5, 0.6) is 0 Å². The second-order valence-electron chi connectivity index (χ2n) is 3.90. The number of carbonyl (C=O) groups excluding carboxylic acids is 1. The van der Waals surface area contributed by atoms with Crippen molar-refractivity contribution in [1.29, 1.82) is 0 Å². The van der Waals surface area contributed by atoms with Crippen LogP contribution in [0, 0.1) is 23.3 Å². The average molecular weight is 304 g/mol. The molecule has 21 heavy (non-hydrogen) atoms. The first kappa shape index (κ1) is 14.8. The van der Waals surface area contributed by atoms with Gasteiger partial charge in [-0.05, 0) is 13.0 Å². The number of aromatic amines is 2. The molecular formula is C12H8F4N2O3. The van der Waals surface area contributed by atoms with Crippen molar-refractivity contribution in [2.24, 2.45) is 0 Å². The van der Waals surface area contributed by atoms with E-state index in [1.807, 2.05) is 9.97 Å². The molecule has 0 aliphatic rings. The highest BCUT2D eigenvalue weighted by Gasteiger charge is 2.25. The molecule has 112 valence electrons. The Morgan fingerprint density at radius 1 is 1.14 bits per heavy atom. The fourth-order valence-corrected chi connectivity index (χ4v) is 1.70. The van der Waals surface area contributed by atoms with Gasteiger partial charge >= 0.3 is 11.7 Å². The number of carbonyl (C=O) groups is 1. The van der Waals surface area contributed by atoms with Crippen LogP contribution in [-0.2, 0) is 4.74 Å². The van der Waals surface area contributed by atoms with E-state index in [1.54, 1.807) is 0 Å². The first-order chi connectivity index (χ1) is 9.86. The van der Waals surface area contributed by atoms with Gasteiger partial charge in [-0.2, -0.15) is 0 Å². The van der Waals surface area contributed by atoms with E-state index < -0.39 is 51.9 Å². The van der Waals surface area contributed by atoms with Gasteiger partial charge in [0.1, 0.15) is 0 Å². The van der Waals surface area contributed by atoms with Crippen LogP contribution in [0.2, 0.25) is 0 Å². The number of halogens is 4. The van der Waals surface area contributed by atoms with Crippen LogP contribution in [0.25, 0.3) is 11.3 Å². The molecule has 1 heterocycles. The van der Waals surface area contributed by atoms with Gasteiger partial charge in [0, 0.05) is 5.56 Å². The van der Waals surface area contributed by atoms with Gasteiger partial charge in [0.05, 0.1) is 12.3 Å². The molecule has 5 nitrogen and oxygen atoms in total. The molecule has 1 aromatic heterocycles. The van der Waals surface area contributed by atoms with Crippen LogP contribution in [-0.4, -0.2) is 22.5 Å². The Morgan fingerprint density at radius 2 is 1.81 bits per heavy atom. The monoisotopic (exact) mass is 304 g/mol. The van der Waals surface area contributed by atoms with E-state index in [9.17, 15) is 27.2 Å². The standard InChI is InChI=1S/C12H8F4N2O3/c1-2-21-11(19)10-9(17-12(20)18-10)4-3-5(13)7(15)8(16)6(4)14/h3H,2H2,1H3,(H2,17,18,20). The summed E-state index contributed by atoms with van der Waals surface area (Å²) >= 11 is 0. The molecule has 0 radical (unpaired) electrons. The number of nitrogens with one attached hydrogen (secondary N) is 2. The summed E-state index contributed by atoms with van der Waals surface area (Å²) in [7, 11) is 0. The average Bonchev–Trinajstić information content (AvgIpc) is 2.82. The summed E-state index contributed by atoms with van der Waals surface area (Å²) in [5.41, 5.74) is -2.79. The summed E-state index contributed by atoms with van der Waals surface area (Å²) in [4.78, 5) is 26.9. The number of rotatable bonds is 3. The summed E-state index contributed by atoms with van der Waals surface area (Å²) in [6.07, 6.45) is 0. The number of imidazole rings is 1. The third kappa shape index (κ3) is 2.54. The molecule has 2 rings (SSSR count). The zero-order chi connectivity index (χ0) is 15.7. The smallest absolute Gasteiger partial charge is 0.357 e. The van der Waals surface area contributed by atoms with Crippen molar-refractivity contribution in [3.8, 4) is 11.3 Å². The first-order valence-corrected chi connectivity index (χ1v) is 5.69. The van der Waals surface area contributed by atoms with Gasteiger partial charge < -0.3 is 9.72 Å². The van der Waals surface area contributed by atoms with Gasteiger partial charge in [0.2, 0.25) is 0 Å². The van der Waals surface area contributed by atoms with Crippen molar-refractivity contribution in [2.75, 3.05) is 6.61 Å². The summed E-state index contributed by atoms with van der Waals surface area (Å²) in [5, 5.41) is 0. The summed E-state index contributed by atoms with van der Waals surface area (Å²) in [6, 6.07) is 0.329. The highest BCUT2D eigenvalue weighted by molar-refractivity contribution is 5.94. The van der Waals surface area contributed by atoms with Crippen LogP contribution in [0.15, 0.2) is 10.9 Å². The lowest BCUT2D eigenvalue weighted by atomic mass is 10.1. The van der Waals surface area contributed by atoms with E-state index in [-0.39, 0.29) is 6.61 Å². The number of hydrogen-bond acceptors (Lipinski definition) is 3. The molecule has 0 saturated heterocycles. The maximum atomic E-state index is 13.7. The minimum absolute atomic E-state index is 0.0416. The van der Waals surface area contributed by atoms with Gasteiger partial charge in [-0.15, -0.1) is 0 Å². The van der Waals surface area contributed by atoms with E-state index in [0.29, 0.717) is 6.07 Å². The van der Waals surface area contributed by atoms with Gasteiger partial charge in [0.15, 0.2) is 29.0 Å². The maximum Gasteiger partial charge on any atom is 0.357 e. The third-order valence-corrected chi connectivity index (χ3v) is 2.58. The van der Waals surface area contributed by atoms with Crippen LogP contribution in [0.1, 0.15) is 17.4 Å². The van der Waals surface area contributed by atoms with Crippen molar-refractivity contribution in [3.05, 3.63) is 45.5 Å². The Bertz CT molecular complexity index is 767. The van der Waals surface area contributed by atoms with Gasteiger partial charge in [0.25, 0.3) is 0 Å². The summed E-state index contributed by atoms with van der Waals surface area (Å²) in [6.45, 7) is 1.44. The van der Waals surface area contributed by atoms with Crippen molar-refractivity contribution < 1.29 is 27.1 Å². The Hall–Kier alpha value is -2.58. The minimum atomic E-state index is -2.05. The Morgan fingerprint density at radius 3 is 2.43 bits per heavy atom. The number of aromatic nitrogens is 2. The number of ether oxygens (including phenoxy) is 1. The fourth-order valence-electron chi connectivity index (χ4n) is 1.70. The predicted octanol–water partition coefficient (Wildman–Crippen LogP) is 2.10. The lowest BCUT2D eigenvalue weighted by molar-refractivity contribution is 0.0521. The van der Waals surface area contributed by atoms with Gasteiger partial charge in [-0.3, -0.25) is 4.98 Å². The zero-order valence-electron chi connectivity index (χ0n) is 10.5. The van der Waals surface area contributed by atoms with Crippen LogP contribution >= 0.6 is 0 Å². The van der Waals surface area contributed by atoms with Crippen LogP contribution in [0.3, 0.4) is 0 Å². The van der Waals surface area contributed by atoms with Gasteiger partial charge in [-0.25, -0.2) is 27.2 Å². The normalized spacial score (nSPS) is 10.7. The lowest BCUT2D eigenvalue weighted by Gasteiger charge is -2.06. The molecule has 0 aliphatic carbocycles. The van der Waals surface area contributed by atoms with Crippen molar-refractivity contribution in [2.45, 2.75) is 6.92 Å². The Kier molecular flexibility index (Phi) is 3.83. The van der Waals surface area contributed by atoms with E-state index in [4.69, 9.17) is 0 Å². The quantitative estimate of drug-likeness (QED) is 0.395. The molecule has 0 aliphatic heterocycles. The Balaban J connectivity index is 2.68. The molecule has 0 atom stereocenters. The second kappa shape index (κ2) is 5.43. The molecule has 0 unspecified atom stereocenters. The van der Waals surface area contributed by atoms with E-state index in [1.165, 1.54) is 6.92 Å². The van der Waals surface area contributed by atoms with Crippen molar-refractivity contribution in [3.63, 3.8) is 0 Å². The fraction of sp³-hybridized carbons (Fsp3) is 0.167. The molecule has 0 bridgehead atoms. The molecule has 2 aromatic rings. The molecule has 0 fully saturated rings. The summed E-state index contributed by atoms with van der Waals surface area (Å²) < 4.78 is 57.6. The molecule has 9 heteroatoms. The zero-order valence-corrected chi connectivity index (χ0v) is 10.5. The predicted molar refractivity (Wildman–Crippen MR) is 62.6 cm³/mol. The number of esters is 1. The lowest BCUT2D eigenvalue weighted by Crippen LogP contribution is -2.09. The van der Waals surface area contributed by atoms with Crippen LogP contribution in [0.4, 0.5) is 17.6 Å². The van der Waals surface area contributed by atoms with Crippen molar-refractivity contribution in [1.82, 2.24) is 9.97 Å². The van der Waals surface area contributed by atoms with E-state index in [0.717, 1.165) is 0 Å². The van der Waals surface area contributed by atoms with Gasteiger partial charge in [-0.1, -0.05) is 0 Å². The van der Waals surface area contributed by atoms with Crippen molar-refractivity contribution >= 4 is 5.97 Å². The topological polar surface area (TPSA) is 75.0 Å².